The maximum Gasteiger partial charge on any atom is 0.289 e. The maximum atomic E-state index is 14.5. The van der Waals surface area contributed by atoms with E-state index in [0.29, 0.717) is 34.9 Å². The summed E-state index contributed by atoms with van der Waals surface area (Å²) in [6.45, 7) is 5.02. The van der Waals surface area contributed by atoms with Gasteiger partial charge in [0, 0.05) is 31.1 Å². The Morgan fingerprint density at radius 2 is 2.18 bits per heavy atom. The summed E-state index contributed by atoms with van der Waals surface area (Å²) in [5.41, 5.74) is 8.26. The summed E-state index contributed by atoms with van der Waals surface area (Å²) in [4.78, 5) is 31.1. The fourth-order valence-electron chi connectivity index (χ4n) is 4.62. The van der Waals surface area contributed by atoms with Gasteiger partial charge in [0.2, 0.25) is 5.76 Å². The number of aromatic amines is 1. The van der Waals surface area contributed by atoms with Gasteiger partial charge in [-0.1, -0.05) is 6.92 Å². The molecule has 0 saturated carbocycles. The second-order valence-corrected chi connectivity index (χ2v) is 8.86. The Bertz CT molecular complexity index is 1350. The van der Waals surface area contributed by atoms with E-state index in [1.165, 1.54) is 24.7 Å². The summed E-state index contributed by atoms with van der Waals surface area (Å²) in [5.74, 6) is 0.709. The van der Waals surface area contributed by atoms with E-state index in [0.717, 1.165) is 17.3 Å². The highest BCUT2D eigenvalue weighted by molar-refractivity contribution is 6.14. The van der Waals surface area contributed by atoms with Crippen molar-refractivity contribution in [3.63, 3.8) is 0 Å². The van der Waals surface area contributed by atoms with E-state index in [-0.39, 0.29) is 36.1 Å². The summed E-state index contributed by atoms with van der Waals surface area (Å²) < 4.78 is 19.5. The normalized spacial score (nSPS) is 20.7. The Balaban J connectivity index is 1.63. The van der Waals surface area contributed by atoms with Crippen molar-refractivity contribution in [2.75, 3.05) is 23.8 Å². The van der Waals surface area contributed by atoms with Crippen LogP contribution in [0, 0.1) is 11.7 Å². The van der Waals surface area contributed by atoms with E-state index in [4.69, 9.17) is 15.1 Å². The molecule has 3 atom stereocenters. The number of hydrogen-bond acceptors (Lipinski definition) is 8. The maximum absolute atomic E-state index is 14.5. The van der Waals surface area contributed by atoms with Gasteiger partial charge < -0.3 is 30.7 Å². The first kappa shape index (κ1) is 22.1. The number of carbonyl (C=O) groups excluding carboxylic acids is 1. The first-order chi connectivity index (χ1) is 16.4. The number of piperidine rings is 1. The van der Waals surface area contributed by atoms with E-state index in [1.54, 1.807) is 7.05 Å². The molecule has 1 fully saturated rings. The minimum Gasteiger partial charge on any atom is -0.438 e. The SMILES string of the molecule is CNc1cc(F)cc2c1[nH]c1nc(CNC(=O)c3cnco3)nc(N3C[C@@H](C)[C@H](N)C[C@H]3C)c12. The van der Waals surface area contributed by atoms with Gasteiger partial charge in [-0.05, 0) is 31.4 Å². The summed E-state index contributed by atoms with van der Waals surface area (Å²) in [6, 6.07) is 3.16. The van der Waals surface area contributed by atoms with Crippen molar-refractivity contribution in [1.82, 2.24) is 25.3 Å². The summed E-state index contributed by atoms with van der Waals surface area (Å²) in [7, 11) is 1.74. The number of nitrogens with two attached hydrogens (primary N) is 1. The number of aromatic nitrogens is 4. The topological polar surface area (TPSA) is 138 Å². The molecule has 4 aromatic rings. The van der Waals surface area contributed by atoms with Crippen LogP contribution in [0.4, 0.5) is 15.9 Å². The highest BCUT2D eigenvalue weighted by Gasteiger charge is 2.32. The average molecular weight is 467 g/mol. The minimum absolute atomic E-state index is 0.0857. The molecule has 0 aliphatic carbocycles. The lowest BCUT2D eigenvalue weighted by Crippen LogP contribution is -2.51. The Labute approximate surface area is 195 Å². The molecule has 4 heterocycles. The fraction of sp³-hybridized carbons (Fsp3) is 0.391. The summed E-state index contributed by atoms with van der Waals surface area (Å²) in [5, 5.41) is 7.24. The number of amides is 1. The van der Waals surface area contributed by atoms with Crippen LogP contribution < -0.4 is 21.3 Å². The number of hydrogen-bond donors (Lipinski definition) is 4. The summed E-state index contributed by atoms with van der Waals surface area (Å²) >= 11 is 0. The summed E-state index contributed by atoms with van der Waals surface area (Å²) in [6.07, 6.45) is 3.35. The molecule has 1 aromatic carbocycles. The molecule has 1 aliphatic rings. The fourth-order valence-corrected chi connectivity index (χ4v) is 4.62. The van der Waals surface area contributed by atoms with Crippen LogP contribution in [0.25, 0.3) is 21.9 Å². The zero-order chi connectivity index (χ0) is 24.0. The van der Waals surface area contributed by atoms with Crippen LogP contribution >= 0.6 is 0 Å². The van der Waals surface area contributed by atoms with Crippen LogP contribution in [0.5, 0.6) is 0 Å². The molecule has 0 unspecified atom stereocenters. The van der Waals surface area contributed by atoms with Crippen LogP contribution in [-0.2, 0) is 6.54 Å². The zero-order valence-corrected chi connectivity index (χ0v) is 19.2. The van der Waals surface area contributed by atoms with Gasteiger partial charge in [0.05, 0.1) is 29.3 Å². The molecule has 1 saturated heterocycles. The zero-order valence-electron chi connectivity index (χ0n) is 19.2. The van der Waals surface area contributed by atoms with Gasteiger partial charge in [0.1, 0.15) is 17.3 Å². The molecule has 11 heteroatoms. The molecule has 1 amide bonds. The molecule has 178 valence electrons. The van der Waals surface area contributed by atoms with E-state index in [2.05, 4.69) is 44.3 Å². The number of oxazole rings is 1. The molecule has 3 aromatic heterocycles. The van der Waals surface area contributed by atoms with Gasteiger partial charge in [-0.2, -0.15) is 0 Å². The molecule has 34 heavy (non-hydrogen) atoms. The number of H-pyrrole nitrogens is 1. The Morgan fingerprint density at radius 3 is 2.91 bits per heavy atom. The van der Waals surface area contributed by atoms with E-state index in [1.807, 2.05) is 0 Å². The monoisotopic (exact) mass is 466 g/mol. The Hall–Kier alpha value is -3.73. The average Bonchev–Trinajstić information content (AvgIpc) is 3.47. The van der Waals surface area contributed by atoms with Gasteiger partial charge in [-0.3, -0.25) is 4.79 Å². The third-order valence-corrected chi connectivity index (χ3v) is 6.52. The molecular formula is C23H27FN8O2. The number of nitrogens with zero attached hydrogens (tertiary/aromatic N) is 4. The second kappa shape index (κ2) is 8.56. The Morgan fingerprint density at radius 1 is 1.35 bits per heavy atom. The molecule has 0 bridgehead atoms. The predicted molar refractivity (Wildman–Crippen MR) is 127 cm³/mol. The van der Waals surface area contributed by atoms with Crippen molar-refractivity contribution >= 4 is 39.3 Å². The molecule has 10 nitrogen and oxygen atoms in total. The molecular weight excluding hydrogens is 439 g/mol. The predicted octanol–water partition coefficient (Wildman–Crippen LogP) is 2.77. The van der Waals surface area contributed by atoms with Crippen molar-refractivity contribution in [2.24, 2.45) is 11.7 Å². The van der Waals surface area contributed by atoms with Crippen molar-refractivity contribution < 1.29 is 13.6 Å². The van der Waals surface area contributed by atoms with E-state index in [9.17, 15) is 9.18 Å². The first-order valence-corrected chi connectivity index (χ1v) is 11.2. The molecule has 0 spiro atoms. The van der Waals surface area contributed by atoms with Crippen molar-refractivity contribution in [2.45, 2.75) is 38.9 Å². The number of benzene rings is 1. The largest absolute Gasteiger partial charge is 0.438 e. The highest BCUT2D eigenvalue weighted by Crippen LogP contribution is 2.38. The van der Waals surface area contributed by atoms with Gasteiger partial charge >= 0.3 is 0 Å². The number of nitrogens with one attached hydrogen (secondary N) is 3. The quantitative estimate of drug-likeness (QED) is 0.352. The molecule has 1 aliphatic heterocycles. The smallest absolute Gasteiger partial charge is 0.289 e. The van der Waals surface area contributed by atoms with Crippen molar-refractivity contribution in [1.29, 1.82) is 0 Å². The third kappa shape index (κ3) is 3.81. The number of fused-ring (bicyclic) bond motifs is 3. The van der Waals surface area contributed by atoms with Gasteiger partial charge in [-0.25, -0.2) is 19.3 Å². The van der Waals surface area contributed by atoms with Crippen LogP contribution in [-0.4, -0.2) is 51.5 Å². The lowest BCUT2D eigenvalue weighted by molar-refractivity contribution is 0.0922. The number of halogens is 1. The van der Waals surface area contributed by atoms with Crippen molar-refractivity contribution in [3.8, 4) is 0 Å². The number of rotatable bonds is 5. The van der Waals surface area contributed by atoms with E-state index >= 15 is 0 Å². The minimum atomic E-state index is -0.412. The number of carbonyl (C=O) groups is 1. The lowest BCUT2D eigenvalue weighted by atomic mass is 9.90. The highest BCUT2D eigenvalue weighted by atomic mass is 19.1. The molecule has 0 radical (unpaired) electrons. The lowest BCUT2D eigenvalue weighted by Gasteiger charge is -2.41. The third-order valence-electron chi connectivity index (χ3n) is 6.52. The van der Waals surface area contributed by atoms with Crippen LogP contribution in [0.15, 0.2) is 29.1 Å². The van der Waals surface area contributed by atoms with Crippen LogP contribution in [0.3, 0.4) is 0 Å². The molecule has 5 N–H and O–H groups in total. The van der Waals surface area contributed by atoms with Gasteiger partial charge in [0.25, 0.3) is 5.91 Å². The van der Waals surface area contributed by atoms with Crippen LogP contribution in [0.1, 0.15) is 36.6 Å². The first-order valence-electron chi connectivity index (χ1n) is 11.2. The van der Waals surface area contributed by atoms with E-state index < -0.39 is 5.91 Å². The standard InChI is InChI=1S/C23H27FN8O2/c1-11-9-32(12(2)4-15(11)25)22-19-14-5-13(24)6-16(26-3)20(14)31-21(19)29-18(30-22)8-28-23(33)17-7-27-10-34-17/h5-7,10-12,15,26H,4,8-9,25H2,1-3H3,(H,28,33)(H,29,30,31)/t11-,12-,15-/m1/s1. The van der Waals surface area contributed by atoms with Crippen LogP contribution in [0.2, 0.25) is 0 Å². The molecule has 5 rings (SSSR count). The Kier molecular flexibility index (Phi) is 5.56. The van der Waals surface area contributed by atoms with Gasteiger partial charge in [-0.15, -0.1) is 0 Å². The number of anilines is 2. The van der Waals surface area contributed by atoms with Gasteiger partial charge in [0.15, 0.2) is 12.2 Å². The second-order valence-electron chi connectivity index (χ2n) is 8.86. The van der Waals surface area contributed by atoms with Crippen molar-refractivity contribution in [3.05, 3.63) is 42.1 Å².